The Labute approximate surface area is 148 Å². The van der Waals surface area contributed by atoms with Crippen LogP contribution in [0.3, 0.4) is 0 Å². The van der Waals surface area contributed by atoms with Gasteiger partial charge in [-0.25, -0.2) is 17.5 Å². The Morgan fingerprint density at radius 2 is 1.65 bits per heavy atom. The number of alkyl halides is 3. The first-order valence-corrected chi connectivity index (χ1v) is 9.05. The van der Waals surface area contributed by atoms with Crippen molar-refractivity contribution >= 4 is 10.0 Å². The van der Waals surface area contributed by atoms with Crippen LogP contribution in [0.5, 0.6) is 5.75 Å². The molecule has 0 aliphatic carbocycles. The molecule has 0 atom stereocenters. The Kier molecular flexibility index (Phi) is 5.92. The van der Waals surface area contributed by atoms with Crippen molar-refractivity contribution in [3.05, 3.63) is 58.9 Å². The van der Waals surface area contributed by atoms with Crippen molar-refractivity contribution in [2.75, 3.05) is 13.2 Å². The van der Waals surface area contributed by atoms with Crippen molar-refractivity contribution in [1.82, 2.24) is 4.72 Å². The van der Waals surface area contributed by atoms with Gasteiger partial charge < -0.3 is 4.74 Å². The van der Waals surface area contributed by atoms with Crippen LogP contribution in [0.1, 0.15) is 16.7 Å². The molecule has 0 spiro atoms. The maximum absolute atomic E-state index is 13.3. The molecule has 0 heterocycles. The van der Waals surface area contributed by atoms with Gasteiger partial charge in [0.2, 0.25) is 10.0 Å². The summed E-state index contributed by atoms with van der Waals surface area (Å²) in [5.41, 5.74) is 0.324. The third-order valence-corrected chi connectivity index (χ3v) is 4.87. The van der Waals surface area contributed by atoms with Crippen LogP contribution in [0.15, 0.2) is 41.3 Å². The van der Waals surface area contributed by atoms with Crippen LogP contribution in [-0.2, 0) is 16.2 Å². The summed E-state index contributed by atoms with van der Waals surface area (Å²) >= 11 is 0. The Bertz CT molecular complexity index is 875. The largest absolute Gasteiger partial charge is 0.492 e. The zero-order valence-corrected chi connectivity index (χ0v) is 14.8. The monoisotopic (exact) mass is 391 g/mol. The molecule has 0 aromatic heterocycles. The summed E-state index contributed by atoms with van der Waals surface area (Å²) in [7, 11) is -4.23. The van der Waals surface area contributed by atoms with E-state index < -0.39 is 32.5 Å². The lowest BCUT2D eigenvalue weighted by atomic mass is 10.1. The van der Waals surface area contributed by atoms with Crippen molar-refractivity contribution in [3.63, 3.8) is 0 Å². The van der Waals surface area contributed by atoms with Gasteiger partial charge in [0.05, 0.1) is 10.5 Å². The molecule has 2 aromatic carbocycles. The molecule has 2 rings (SSSR count). The number of halogens is 4. The second kappa shape index (κ2) is 7.63. The molecule has 0 fully saturated rings. The van der Waals surface area contributed by atoms with Crippen LogP contribution in [0.25, 0.3) is 0 Å². The lowest BCUT2D eigenvalue weighted by Gasteiger charge is -2.12. The van der Waals surface area contributed by atoms with Crippen LogP contribution in [-0.4, -0.2) is 21.6 Å². The van der Waals surface area contributed by atoms with Gasteiger partial charge in [0.25, 0.3) is 0 Å². The van der Waals surface area contributed by atoms with Crippen LogP contribution >= 0.6 is 0 Å². The third kappa shape index (κ3) is 5.18. The summed E-state index contributed by atoms with van der Waals surface area (Å²) in [6.07, 6.45) is -4.98. The van der Waals surface area contributed by atoms with Crippen molar-refractivity contribution in [2.45, 2.75) is 24.9 Å². The second-order valence-corrected chi connectivity index (χ2v) is 7.48. The highest BCUT2D eigenvalue weighted by molar-refractivity contribution is 7.89. The number of rotatable bonds is 6. The molecule has 4 nitrogen and oxygen atoms in total. The number of sulfonamides is 1. The van der Waals surface area contributed by atoms with Gasteiger partial charge in [0, 0.05) is 6.54 Å². The van der Waals surface area contributed by atoms with E-state index in [4.69, 9.17) is 4.74 Å². The van der Waals surface area contributed by atoms with E-state index in [1.807, 2.05) is 19.9 Å². The second-order valence-electron chi connectivity index (χ2n) is 5.71. The van der Waals surface area contributed by atoms with Crippen molar-refractivity contribution in [2.24, 2.45) is 0 Å². The van der Waals surface area contributed by atoms with E-state index in [2.05, 4.69) is 4.72 Å². The highest BCUT2D eigenvalue weighted by Gasteiger charge is 2.35. The number of ether oxygens (including phenoxy) is 1. The Hall–Kier alpha value is -2.13. The molecular formula is C17H17F4NO3S. The summed E-state index contributed by atoms with van der Waals surface area (Å²) in [6.45, 7) is 3.59. The molecule has 0 saturated heterocycles. The SMILES string of the molecule is Cc1cc(C)cc(OCCNS(=O)(=O)c2ccc(F)c(C(F)(F)F)c2)c1. The topological polar surface area (TPSA) is 55.4 Å². The number of nitrogens with one attached hydrogen (secondary N) is 1. The van der Waals surface area contributed by atoms with Gasteiger partial charge in [-0.15, -0.1) is 0 Å². The van der Waals surface area contributed by atoms with Gasteiger partial charge in [0.1, 0.15) is 18.2 Å². The fraction of sp³-hybridized carbons (Fsp3) is 0.294. The van der Waals surface area contributed by atoms with E-state index in [1.165, 1.54) is 0 Å². The number of aryl methyl sites for hydroxylation is 2. The summed E-state index contributed by atoms with van der Waals surface area (Å²) in [4.78, 5) is -0.669. The first-order valence-electron chi connectivity index (χ1n) is 7.56. The number of hydrogen-bond acceptors (Lipinski definition) is 3. The zero-order chi connectivity index (χ0) is 19.5. The van der Waals surface area contributed by atoms with Crippen molar-refractivity contribution < 1.29 is 30.7 Å². The van der Waals surface area contributed by atoms with Crippen molar-refractivity contribution in [3.8, 4) is 5.75 Å². The molecule has 0 radical (unpaired) electrons. The van der Waals surface area contributed by atoms with Crippen LogP contribution in [0.2, 0.25) is 0 Å². The standard InChI is InChI=1S/C17H17F4NO3S/c1-11-7-12(2)9-13(8-11)25-6-5-22-26(23,24)14-3-4-16(18)15(10-14)17(19,20)21/h3-4,7-10,22H,5-6H2,1-2H3. The molecule has 0 amide bonds. The molecule has 1 N–H and O–H groups in total. The minimum absolute atomic E-state index is 0.0184. The molecule has 26 heavy (non-hydrogen) atoms. The Balaban J connectivity index is 2.03. The minimum Gasteiger partial charge on any atom is -0.492 e. The maximum Gasteiger partial charge on any atom is 0.419 e. The van der Waals surface area contributed by atoms with Gasteiger partial charge in [-0.05, 0) is 55.3 Å². The van der Waals surface area contributed by atoms with Gasteiger partial charge in [-0.2, -0.15) is 13.2 Å². The third-order valence-electron chi connectivity index (χ3n) is 3.41. The molecule has 0 bridgehead atoms. The molecule has 9 heteroatoms. The van der Waals surface area contributed by atoms with Gasteiger partial charge >= 0.3 is 6.18 Å². The molecule has 0 saturated carbocycles. The Morgan fingerprint density at radius 1 is 1.04 bits per heavy atom. The molecule has 2 aromatic rings. The van der Waals surface area contributed by atoms with E-state index >= 15 is 0 Å². The van der Waals surface area contributed by atoms with E-state index in [-0.39, 0.29) is 19.2 Å². The van der Waals surface area contributed by atoms with Gasteiger partial charge in [-0.1, -0.05) is 6.07 Å². The average molecular weight is 391 g/mol. The normalized spacial score (nSPS) is 12.2. The predicted molar refractivity (Wildman–Crippen MR) is 88.0 cm³/mol. The first kappa shape index (κ1) is 20.2. The maximum atomic E-state index is 13.3. The number of benzene rings is 2. The van der Waals surface area contributed by atoms with Gasteiger partial charge in [0.15, 0.2) is 0 Å². The highest BCUT2D eigenvalue weighted by atomic mass is 32.2. The first-order chi connectivity index (χ1) is 12.0. The van der Waals surface area contributed by atoms with E-state index in [0.717, 1.165) is 17.2 Å². The van der Waals surface area contributed by atoms with Crippen LogP contribution in [0, 0.1) is 19.7 Å². The quantitative estimate of drug-likeness (QED) is 0.602. The minimum atomic E-state index is -4.98. The van der Waals surface area contributed by atoms with Crippen LogP contribution in [0.4, 0.5) is 17.6 Å². The molecule has 142 valence electrons. The zero-order valence-electron chi connectivity index (χ0n) is 14.0. The lowest BCUT2D eigenvalue weighted by molar-refractivity contribution is -0.140. The van der Waals surface area contributed by atoms with E-state index in [9.17, 15) is 26.0 Å². The smallest absolute Gasteiger partial charge is 0.419 e. The summed E-state index contributed by atoms with van der Waals surface area (Å²) in [5.74, 6) is -0.975. The summed E-state index contributed by atoms with van der Waals surface area (Å²) < 4.78 is 83.1. The highest BCUT2D eigenvalue weighted by Crippen LogP contribution is 2.32. The average Bonchev–Trinajstić information content (AvgIpc) is 2.50. The molecular weight excluding hydrogens is 374 g/mol. The van der Waals surface area contributed by atoms with E-state index in [1.54, 1.807) is 12.1 Å². The van der Waals surface area contributed by atoms with Crippen LogP contribution < -0.4 is 9.46 Å². The molecule has 0 unspecified atom stereocenters. The number of hydrogen-bond donors (Lipinski definition) is 1. The molecule has 0 aliphatic heterocycles. The fourth-order valence-corrected chi connectivity index (χ4v) is 3.37. The predicted octanol–water partition coefficient (Wildman–Crippen LogP) is 3.82. The summed E-state index contributed by atoms with van der Waals surface area (Å²) in [5, 5.41) is 0. The Morgan fingerprint density at radius 3 is 2.23 bits per heavy atom. The van der Waals surface area contributed by atoms with Gasteiger partial charge in [-0.3, -0.25) is 0 Å². The fourth-order valence-electron chi connectivity index (χ4n) is 2.33. The van der Waals surface area contributed by atoms with E-state index in [0.29, 0.717) is 11.8 Å². The summed E-state index contributed by atoms with van der Waals surface area (Å²) in [6, 6.07) is 7.01. The lowest BCUT2D eigenvalue weighted by Crippen LogP contribution is -2.28. The molecule has 0 aliphatic rings. The van der Waals surface area contributed by atoms with Crippen molar-refractivity contribution in [1.29, 1.82) is 0 Å².